The van der Waals surface area contributed by atoms with E-state index in [1.165, 1.54) is 28.4 Å². The number of hydrogen-bond acceptors (Lipinski definition) is 7. The molecule has 1 N–H and O–H groups in total. The van der Waals surface area contributed by atoms with Gasteiger partial charge in [-0.05, 0) is 41.6 Å². The van der Waals surface area contributed by atoms with E-state index in [0.717, 1.165) is 11.1 Å². The summed E-state index contributed by atoms with van der Waals surface area (Å²) >= 11 is 2.82. The lowest BCUT2D eigenvalue weighted by Crippen LogP contribution is -2.31. The van der Waals surface area contributed by atoms with Crippen molar-refractivity contribution in [3.05, 3.63) is 87.6 Å². The lowest BCUT2D eigenvalue weighted by Gasteiger charge is -2.13. The Kier molecular flexibility index (Phi) is 5.34. The summed E-state index contributed by atoms with van der Waals surface area (Å²) < 4.78 is 0. The molecule has 2 aromatic carbocycles. The normalized spacial score (nSPS) is 12.8. The number of nitrogens with zero attached hydrogens (tertiary/aromatic N) is 3. The van der Waals surface area contributed by atoms with Crippen LogP contribution in [-0.2, 0) is 6.42 Å². The van der Waals surface area contributed by atoms with E-state index in [2.05, 4.69) is 15.5 Å². The first-order valence-electron chi connectivity index (χ1n) is 9.82. The minimum Gasteiger partial charge on any atom is -0.296 e. The summed E-state index contributed by atoms with van der Waals surface area (Å²) in [5.74, 6) is -1.13. The molecule has 0 radical (unpaired) electrons. The van der Waals surface area contributed by atoms with Crippen LogP contribution in [0.25, 0.3) is 10.6 Å². The molecule has 1 aliphatic rings. The second kappa shape index (κ2) is 8.45. The number of hydrogen-bond donors (Lipinski definition) is 1. The summed E-state index contributed by atoms with van der Waals surface area (Å²) in [5.41, 5.74) is 2.83. The fraction of sp³-hybridized carbons (Fsp3) is 0.0870. The molecule has 2 aromatic heterocycles. The highest BCUT2D eigenvalue weighted by Gasteiger charge is 2.35. The molecule has 3 heterocycles. The number of imide groups is 1. The summed E-state index contributed by atoms with van der Waals surface area (Å²) in [6, 6.07) is 16.1. The molecule has 5 rings (SSSR count). The Labute approximate surface area is 191 Å². The fourth-order valence-electron chi connectivity index (χ4n) is 3.47. The van der Waals surface area contributed by atoms with Gasteiger partial charge in [0.15, 0.2) is 0 Å². The van der Waals surface area contributed by atoms with E-state index in [1.54, 1.807) is 17.4 Å². The highest BCUT2D eigenvalue weighted by Crippen LogP contribution is 2.29. The summed E-state index contributed by atoms with van der Waals surface area (Å²) in [4.78, 5) is 39.5. The Hall–Kier alpha value is -3.69. The first-order chi connectivity index (χ1) is 15.6. The molecule has 3 amide bonds. The second-order valence-corrected chi connectivity index (χ2v) is 8.89. The van der Waals surface area contributed by atoms with Crippen LogP contribution in [0.2, 0.25) is 0 Å². The average molecular weight is 461 g/mol. The smallest absolute Gasteiger partial charge is 0.261 e. The van der Waals surface area contributed by atoms with Gasteiger partial charge in [-0.2, -0.15) is 11.3 Å². The largest absolute Gasteiger partial charge is 0.296 e. The lowest BCUT2D eigenvalue weighted by atomic mass is 10.1. The van der Waals surface area contributed by atoms with Crippen molar-refractivity contribution in [3.8, 4) is 10.6 Å². The van der Waals surface area contributed by atoms with Crippen molar-refractivity contribution < 1.29 is 14.4 Å². The van der Waals surface area contributed by atoms with Gasteiger partial charge in [0, 0.05) is 23.1 Å². The SMILES string of the molecule is O=C(Nc1nnc(-c2ccsc2)s1)c1ccc2c(c1)C(=O)N(CCc1ccccc1)C2=O. The van der Waals surface area contributed by atoms with Crippen LogP contribution in [0.5, 0.6) is 0 Å². The summed E-state index contributed by atoms with van der Waals surface area (Å²) in [6.45, 7) is 0.286. The topological polar surface area (TPSA) is 92.3 Å². The van der Waals surface area contributed by atoms with Crippen molar-refractivity contribution in [1.29, 1.82) is 0 Å². The molecule has 7 nitrogen and oxygen atoms in total. The first kappa shape index (κ1) is 20.2. The third kappa shape index (κ3) is 3.83. The molecule has 0 saturated heterocycles. The van der Waals surface area contributed by atoms with Crippen LogP contribution in [0, 0.1) is 0 Å². The van der Waals surface area contributed by atoms with Crippen molar-refractivity contribution in [2.45, 2.75) is 6.42 Å². The van der Waals surface area contributed by atoms with E-state index in [9.17, 15) is 14.4 Å². The Morgan fingerprint density at radius 3 is 2.56 bits per heavy atom. The van der Waals surface area contributed by atoms with E-state index in [-0.39, 0.29) is 29.5 Å². The van der Waals surface area contributed by atoms with Gasteiger partial charge in [-0.15, -0.1) is 10.2 Å². The zero-order valence-electron chi connectivity index (χ0n) is 16.6. The van der Waals surface area contributed by atoms with Gasteiger partial charge in [-0.25, -0.2) is 0 Å². The van der Waals surface area contributed by atoms with Crippen molar-refractivity contribution in [3.63, 3.8) is 0 Å². The Balaban J connectivity index is 1.30. The third-order valence-electron chi connectivity index (χ3n) is 5.11. The van der Waals surface area contributed by atoms with E-state index < -0.39 is 5.91 Å². The molecule has 0 saturated carbocycles. The minimum absolute atomic E-state index is 0.243. The number of fused-ring (bicyclic) bond motifs is 1. The number of anilines is 1. The number of nitrogens with one attached hydrogen (secondary N) is 1. The molecular formula is C23H16N4O3S2. The maximum atomic E-state index is 12.9. The van der Waals surface area contributed by atoms with Gasteiger partial charge in [0.2, 0.25) is 5.13 Å². The molecule has 0 spiro atoms. The fourth-order valence-corrected chi connectivity index (χ4v) is 4.92. The molecule has 4 aromatic rings. The van der Waals surface area contributed by atoms with Crippen molar-refractivity contribution in [2.75, 3.05) is 11.9 Å². The van der Waals surface area contributed by atoms with Gasteiger partial charge >= 0.3 is 0 Å². The molecule has 9 heteroatoms. The maximum Gasteiger partial charge on any atom is 0.261 e. The van der Waals surface area contributed by atoms with Crippen LogP contribution in [-0.4, -0.2) is 39.4 Å². The maximum absolute atomic E-state index is 12.9. The number of carbonyl (C=O) groups excluding carboxylic acids is 3. The van der Waals surface area contributed by atoms with Gasteiger partial charge < -0.3 is 0 Å². The van der Waals surface area contributed by atoms with Crippen LogP contribution in [0.4, 0.5) is 5.13 Å². The number of amides is 3. The van der Waals surface area contributed by atoms with Crippen LogP contribution >= 0.6 is 22.7 Å². The monoisotopic (exact) mass is 460 g/mol. The van der Waals surface area contributed by atoms with E-state index >= 15 is 0 Å². The highest BCUT2D eigenvalue weighted by atomic mass is 32.1. The van der Waals surface area contributed by atoms with E-state index in [0.29, 0.717) is 22.1 Å². The van der Waals surface area contributed by atoms with Crippen molar-refractivity contribution in [1.82, 2.24) is 15.1 Å². The molecule has 0 bridgehead atoms. The molecule has 32 heavy (non-hydrogen) atoms. The van der Waals surface area contributed by atoms with Crippen LogP contribution in [0.3, 0.4) is 0 Å². The number of rotatable bonds is 6. The first-order valence-corrected chi connectivity index (χ1v) is 11.6. The number of benzene rings is 2. The molecule has 0 unspecified atom stereocenters. The Morgan fingerprint density at radius 2 is 1.78 bits per heavy atom. The zero-order chi connectivity index (χ0) is 22.1. The standard InChI is InChI=1S/C23H16N4O3S2/c28-19(24-23-26-25-20(32-23)16-9-11-31-13-16)15-6-7-17-18(12-15)22(30)27(21(17)29)10-8-14-4-2-1-3-5-14/h1-7,9,11-13H,8,10H2,(H,24,26,28). The molecular weight excluding hydrogens is 444 g/mol. The van der Waals surface area contributed by atoms with Gasteiger partial charge in [-0.3, -0.25) is 24.6 Å². The minimum atomic E-state index is -0.413. The molecule has 0 fully saturated rings. The van der Waals surface area contributed by atoms with Gasteiger partial charge in [0.1, 0.15) is 5.01 Å². The predicted molar refractivity (Wildman–Crippen MR) is 123 cm³/mol. The molecule has 0 aliphatic carbocycles. The zero-order valence-corrected chi connectivity index (χ0v) is 18.3. The summed E-state index contributed by atoms with van der Waals surface area (Å²) in [7, 11) is 0. The second-order valence-electron chi connectivity index (χ2n) is 7.14. The molecule has 0 atom stereocenters. The van der Waals surface area contributed by atoms with E-state index in [1.807, 2.05) is 47.2 Å². The molecule has 1 aliphatic heterocycles. The Morgan fingerprint density at radius 1 is 0.969 bits per heavy atom. The summed E-state index contributed by atoms with van der Waals surface area (Å²) in [6.07, 6.45) is 0.573. The van der Waals surface area contributed by atoms with Gasteiger partial charge in [0.25, 0.3) is 17.7 Å². The average Bonchev–Trinajstić information content (AvgIpc) is 3.55. The lowest BCUT2D eigenvalue weighted by molar-refractivity contribution is 0.0656. The number of thiophene rings is 1. The third-order valence-corrected chi connectivity index (χ3v) is 6.68. The van der Waals surface area contributed by atoms with Crippen LogP contribution < -0.4 is 5.32 Å². The summed E-state index contributed by atoms with van der Waals surface area (Å²) in [5, 5.41) is 15.8. The molecule has 158 valence electrons. The van der Waals surface area contributed by atoms with Crippen LogP contribution in [0.15, 0.2) is 65.4 Å². The van der Waals surface area contributed by atoms with E-state index in [4.69, 9.17) is 0 Å². The Bertz CT molecular complexity index is 1320. The van der Waals surface area contributed by atoms with Crippen molar-refractivity contribution in [2.24, 2.45) is 0 Å². The van der Waals surface area contributed by atoms with Crippen LogP contribution in [0.1, 0.15) is 36.6 Å². The number of aromatic nitrogens is 2. The van der Waals surface area contributed by atoms with Gasteiger partial charge in [0.05, 0.1) is 11.1 Å². The van der Waals surface area contributed by atoms with Crippen molar-refractivity contribution >= 4 is 45.5 Å². The number of carbonyl (C=O) groups is 3. The predicted octanol–water partition coefficient (Wildman–Crippen LogP) is 4.36. The quantitative estimate of drug-likeness (QED) is 0.432. The van der Waals surface area contributed by atoms with Gasteiger partial charge in [-0.1, -0.05) is 41.7 Å². The highest BCUT2D eigenvalue weighted by molar-refractivity contribution is 7.19.